The van der Waals surface area contributed by atoms with Crippen molar-refractivity contribution in [1.82, 2.24) is 9.97 Å². The zero-order valence-corrected chi connectivity index (χ0v) is 15.1. The molecule has 0 amide bonds. The molecule has 0 fully saturated rings. The third-order valence-corrected chi connectivity index (χ3v) is 5.52. The molecule has 0 N–H and O–H groups in total. The summed E-state index contributed by atoms with van der Waals surface area (Å²) in [5.74, 6) is 1.68. The number of thioether (sulfide) groups is 1. The SMILES string of the molecule is Cc1nc(SCCF)c2c(-c3ccc(C(C)C)cc3)csc2n1. The van der Waals surface area contributed by atoms with Crippen molar-refractivity contribution in [2.75, 3.05) is 12.4 Å². The van der Waals surface area contributed by atoms with Crippen molar-refractivity contribution in [2.24, 2.45) is 0 Å². The average molecular weight is 346 g/mol. The molecule has 0 bridgehead atoms. The van der Waals surface area contributed by atoms with Crippen LogP contribution in [0.4, 0.5) is 4.39 Å². The Kier molecular flexibility index (Phi) is 4.97. The van der Waals surface area contributed by atoms with Crippen molar-refractivity contribution in [3.05, 3.63) is 41.0 Å². The highest BCUT2D eigenvalue weighted by molar-refractivity contribution is 7.99. The Balaban J connectivity index is 2.10. The summed E-state index contributed by atoms with van der Waals surface area (Å²) in [6.07, 6.45) is 0. The molecule has 0 radical (unpaired) electrons. The second-order valence-electron chi connectivity index (χ2n) is 5.72. The first kappa shape index (κ1) is 16.4. The fourth-order valence-electron chi connectivity index (χ4n) is 2.51. The van der Waals surface area contributed by atoms with Gasteiger partial charge in [-0.25, -0.2) is 9.97 Å². The monoisotopic (exact) mass is 346 g/mol. The van der Waals surface area contributed by atoms with Crippen LogP contribution in [0.25, 0.3) is 21.3 Å². The average Bonchev–Trinajstić information content (AvgIpc) is 2.96. The molecule has 0 saturated carbocycles. The number of aromatic nitrogens is 2. The van der Waals surface area contributed by atoms with Crippen molar-refractivity contribution in [3.63, 3.8) is 0 Å². The van der Waals surface area contributed by atoms with Crippen LogP contribution in [0.3, 0.4) is 0 Å². The fraction of sp³-hybridized carbons (Fsp3) is 0.333. The second kappa shape index (κ2) is 6.97. The molecule has 2 heterocycles. The minimum atomic E-state index is -0.349. The molecule has 0 aliphatic carbocycles. The molecule has 2 aromatic heterocycles. The molecule has 3 aromatic rings. The van der Waals surface area contributed by atoms with Crippen LogP contribution in [0.15, 0.2) is 34.7 Å². The standard InChI is InChI=1S/C18H19FN2S2/c1-11(2)13-4-6-14(7-5-13)15-10-23-18-16(15)17(22-9-8-19)20-12(3)21-18/h4-7,10-11H,8-9H2,1-3H3. The number of thiophene rings is 1. The van der Waals surface area contributed by atoms with Crippen LogP contribution in [0, 0.1) is 6.92 Å². The first-order valence-corrected chi connectivity index (χ1v) is 9.51. The van der Waals surface area contributed by atoms with E-state index in [2.05, 4.69) is 53.5 Å². The van der Waals surface area contributed by atoms with Gasteiger partial charge in [0.2, 0.25) is 0 Å². The van der Waals surface area contributed by atoms with Crippen molar-refractivity contribution in [2.45, 2.75) is 31.7 Å². The molecule has 0 saturated heterocycles. The maximum atomic E-state index is 12.6. The van der Waals surface area contributed by atoms with E-state index in [1.807, 2.05) is 6.92 Å². The van der Waals surface area contributed by atoms with E-state index in [1.165, 1.54) is 17.3 Å². The Morgan fingerprint density at radius 2 is 1.91 bits per heavy atom. The van der Waals surface area contributed by atoms with Crippen molar-refractivity contribution < 1.29 is 4.39 Å². The van der Waals surface area contributed by atoms with Gasteiger partial charge in [-0.05, 0) is 24.0 Å². The van der Waals surface area contributed by atoms with Crippen LogP contribution in [0.1, 0.15) is 31.2 Å². The van der Waals surface area contributed by atoms with E-state index in [9.17, 15) is 4.39 Å². The number of hydrogen-bond acceptors (Lipinski definition) is 4. The first-order valence-electron chi connectivity index (χ1n) is 7.65. The van der Waals surface area contributed by atoms with E-state index >= 15 is 0 Å². The highest BCUT2D eigenvalue weighted by Gasteiger charge is 2.15. The van der Waals surface area contributed by atoms with Gasteiger partial charge in [0, 0.05) is 16.7 Å². The van der Waals surface area contributed by atoms with E-state index in [1.54, 1.807) is 11.3 Å². The van der Waals surface area contributed by atoms with E-state index in [0.717, 1.165) is 32.2 Å². The lowest BCUT2D eigenvalue weighted by Crippen LogP contribution is -1.93. The van der Waals surface area contributed by atoms with Crippen LogP contribution < -0.4 is 0 Å². The lowest BCUT2D eigenvalue weighted by atomic mass is 9.99. The van der Waals surface area contributed by atoms with Crippen molar-refractivity contribution >= 4 is 33.3 Å². The third-order valence-electron chi connectivity index (χ3n) is 3.72. The predicted molar refractivity (Wildman–Crippen MR) is 98.4 cm³/mol. The summed E-state index contributed by atoms with van der Waals surface area (Å²) in [6, 6.07) is 8.65. The molecular weight excluding hydrogens is 327 g/mol. The number of halogens is 1. The Morgan fingerprint density at radius 1 is 1.17 bits per heavy atom. The van der Waals surface area contributed by atoms with Crippen LogP contribution >= 0.6 is 23.1 Å². The molecule has 0 aliphatic heterocycles. The van der Waals surface area contributed by atoms with Gasteiger partial charge in [-0.2, -0.15) is 0 Å². The molecular formula is C18H19FN2S2. The maximum Gasteiger partial charge on any atom is 0.128 e. The van der Waals surface area contributed by atoms with Gasteiger partial charge in [0.05, 0.1) is 12.1 Å². The number of aryl methyl sites for hydroxylation is 1. The zero-order valence-electron chi connectivity index (χ0n) is 13.5. The summed E-state index contributed by atoms with van der Waals surface area (Å²) in [4.78, 5) is 10.0. The number of nitrogens with zero attached hydrogens (tertiary/aromatic N) is 2. The van der Waals surface area contributed by atoms with Gasteiger partial charge in [-0.15, -0.1) is 23.1 Å². The van der Waals surface area contributed by atoms with Gasteiger partial charge in [0.25, 0.3) is 0 Å². The predicted octanol–water partition coefficient (Wildman–Crippen LogP) is 5.85. The zero-order chi connectivity index (χ0) is 16.4. The van der Waals surface area contributed by atoms with Crippen LogP contribution in [0.5, 0.6) is 0 Å². The summed E-state index contributed by atoms with van der Waals surface area (Å²) in [5.41, 5.74) is 3.63. The second-order valence-corrected chi connectivity index (χ2v) is 7.66. The minimum absolute atomic E-state index is 0.349. The molecule has 0 atom stereocenters. The maximum absolute atomic E-state index is 12.6. The highest BCUT2D eigenvalue weighted by atomic mass is 32.2. The number of rotatable bonds is 5. The number of hydrogen-bond donors (Lipinski definition) is 0. The van der Waals surface area contributed by atoms with Crippen LogP contribution in [0.2, 0.25) is 0 Å². The lowest BCUT2D eigenvalue weighted by Gasteiger charge is -2.08. The Morgan fingerprint density at radius 3 is 2.57 bits per heavy atom. The van der Waals surface area contributed by atoms with Crippen LogP contribution in [-0.4, -0.2) is 22.4 Å². The summed E-state index contributed by atoms with van der Waals surface area (Å²) < 4.78 is 12.6. The molecule has 0 unspecified atom stereocenters. The van der Waals surface area contributed by atoms with E-state index < -0.39 is 0 Å². The molecule has 2 nitrogen and oxygen atoms in total. The number of benzene rings is 1. The van der Waals surface area contributed by atoms with Gasteiger partial charge < -0.3 is 0 Å². The third kappa shape index (κ3) is 3.40. The van der Waals surface area contributed by atoms with Crippen molar-refractivity contribution in [3.8, 4) is 11.1 Å². The Bertz CT molecular complexity index is 810. The summed E-state index contributed by atoms with van der Waals surface area (Å²) in [7, 11) is 0. The Labute approximate surface area is 144 Å². The fourth-order valence-corrected chi connectivity index (χ4v) is 4.39. The molecule has 0 spiro atoms. The van der Waals surface area contributed by atoms with Crippen LogP contribution in [-0.2, 0) is 0 Å². The van der Waals surface area contributed by atoms with E-state index in [0.29, 0.717) is 11.7 Å². The topological polar surface area (TPSA) is 25.8 Å². The van der Waals surface area contributed by atoms with E-state index in [4.69, 9.17) is 0 Å². The van der Waals surface area contributed by atoms with Gasteiger partial charge in [-0.1, -0.05) is 38.1 Å². The molecule has 5 heteroatoms. The van der Waals surface area contributed by atoms with Gasteiger partial charge in [-0.3, -0.25) is 4.39 Å². The summed E-state index contributed by atoms with van der Waals surface area (Å²) in [6.45, 7) is 5.92. The first-order chi connectivity index (χ1) is 11.1. The highest BCUT2D eigenvalue weighted by Crippen LogP contribution is 2.38. The number of alkyl halides is 1. The largest absolute Gasteiger partial charge is 0.250 e. The Hall–Kier alpha value is -1.46. The molecule has 3 rings (SSSR count). The lowest BCUT2D eigenvalue weighted by molar-refractivity contribution is 0.532. The normalized spacial score (nSPS) is 11.5. The van der Waals surface area contributed by atoms with E-state index in [-0.39, 0.29) is 6.67 Å². The summed E-state index contributed by atoms with van der Waals surface area (Å²) in [5, 5.41) is 4.06. The van der Waals surface area contributed by atoms with Gasteiger partial charge in [0.15, 0.2) is 0 Å². The molecule has 23 heavy (non-hydrogen) atoms. The molecule has 1 aromatic carbocycles. The van der Waals surface area contributed by atoms with Gasteiger partial charge in [0.1, 0.15) is 15.7 Å². The quantitative estimate of drug-likeness (QED) is 0.428. The smallest absolute Gasteiger partial charge is 0.128 e. The van der Waals surface area contributed by atoms with Gasteiger partial charge >= 0.3 is 0 Å². The minimum Gasteiger partial charge on any atom is -0.250 e. The number of fused-ring (bicyclic) bond motifs is 1. The van der Waals surface area contributed by atoms with Crippen molar-refractivity contribution in [1.29, 1.82) is 0 Å². The molecule has 0 aliphatic rings. The molecule has 120 valence electrons. The summed E-state index contributed by atoms with van der Waals surface area (Å²) >= 11 is 3.09.